The number of para-hydroxylation sites is 1. The van der Waals surface area contributed by atoms with Gasteiger partial charge in [-0.3, -0.25) is 0 Å². The zero-order valence-corrected chi connectivity index (χ0v) is 16.8. The fourth-order valence-corrected chi connectivity index (χ4v) is 4.04. The van der Waals surface area contributed by atoms with Gasteiger partial charge in [0.15, 0.2) is 0 Å². The van der Waals surface area contributed by atoms with E-state index in [9.17, 15) is 0 Å². The lowest BCUT2D eigenvalue weighted by Crippen LogP contribution is -2.40. The van der Waals surface area contributed by atoms with Crippen LogP contribution in [0.3, 0.4) is 0 Å². The predicted molar refractivity (Wildman–Crippen MR) is 108 cm³/mol. The first kappa shape index (κ1) is 20.9. The van der Waals surface area contributed by atoms with Crippen LogP contribution in [0.25, 0.3) is 0 Å². The standard InChI is InChI=1S/C20H26N2O.C2H2O4/c1-15(2)21-12-9-16(10-13-21)20-18-7-5-11-22(18)14-17-6-3-4-8-19(17)23-20;3-1(4)2(5)6/h3-8,11,15-16,20H,9-10,12-14H2,1-2H3;(H,3,4)(H,5,6). The average Bonchev–Trinajstić information content (AvgIpc) is 3.09. The summed E-state index contributed by atoms with van der Waals surface area (Å²) in [6.07, 6.45) is 4.81. The summed E-state index contributed by atoms with van der Waals surface area (Å²) >= 11 is 0. The maximum atomic E-state index is 9.10. The number of aromatic nitrogens is 1. The van der Waals surface area contributed by atoms with E-state index < -0.39 is 11.9 Å². The molecule has 4 rings (SSSR count). The minimum atomic E-state index is -1.82. The van der Waals surface area contributed by atoms with Crippen molar-refractivity contribution in [2.45, 2.75) is 45.4 Å². The second-order valence-corrected chi connectivity index (χ2v) is 7.78. The number of ether oxygens (including phenoxy) is 1. The van der Waals surface area contributed by atoms with Gasteiger partial charge in [0.2, 0.25) is 0 Å². The lowest BCUT2D eigenvalue weighted by molar-refractivity contribution is -0.159. The van der Waals surface area contributed by atoms with Gasteiger partial charge in [0.05, 0.1) is 12.2 Å². The predicted octanol–water partition coefficient (Wildman–Crippen LogP) is 3.25. The van der Waals surface area contributed by atoms with Crippen LogP contribution in [0.15, 0.2) is 42.6 Å². The number of hydrogen-bond donors (Lipinski definition) is 2. The first-order chi connectivity index (χ1) is 13.9. The minimum absolute atomic E-state index is 0.183. The number of aliphatic carboxylic acids is 2. The van der Waals surface area contributed by atoms with Gasteiger partial charge in [0, 0.05) is 23.7 Å². The molecule has 1 atom stereocenters. The van der Waals surface area contributed by atoms with Crippen molar-refractivity contribution in [2.24, 2.45) is 5.92 Å². The molecule has 1 aromatic heterocycles. The summed E-state index contributed by atoms with van der Waals surface area (Å²) in [7, 11) is 0. The van der Waals surface area contributed by atoms with Crippen molar-refractivity contribution in [3.8, 4) is 5.75 Å². The molecule has 7 nitrogen and oxygen atoms in total. The summed E-state index contributed by atoms with van der Waals surface area (Å²) in [6, 6.07) is 13.5. The number of benzene rings is 1. The van der Waals surface area contributed by atoms with E-state index in [1.165, 1.54) is 37.2 Å². The highest BCUT2D eigenvalue weighted by atomic mass is 16.5. The van der Waals surface area contributed by atoms with Gasteiger partial charge in [-0.05, 0) is 58.0 Å². The third-order valence-electron chi connectivity index (χ3n) is 5.64. The Bertz CT molecular complexity index is 840. The number of carboxylic acids is 2. The summed E-state index contributed by atoms with van der Waals surface area (Å²) in [4.78, 5) is 20.8. The van der Waals surface area contributed by atoms with Crippen LogP contribution in [-0.4, -0.2) is 50.8 Å². The molecule has 1 saturated heterocycles. The van der Waals surface area contributed by atoms with Crippen molar-refractivity contribution in [1.82, 2.24) is 9.47 Å². The third-order valence-corrected chi connectivity index (χ3v) is 5.64. The number of likely N-dealkylation sites (tertiary alicyclic amines) is 1. The maximum absolute atomic E-state index is 9.10. The van der Waals surface area contributed by atoms with Gasteiger partial charge in [-0.15, -0.1) is 0 Å². The normalized spacial score (nSPS) is 19.2. The molecule has 2 aliphatic heterocycles. The Morgan fingerprint density at radius 2 is 1.69 bits per heavy atom. The SMILES string of the molecule is CC(C)N1CCC(C2Oc3ccccc3Cn3cccc32)CC1.O=C(O)C(=O)O. The molecular formula is C22H28N2O5. The molecule has 0 aliphatic carbocycles. The molecule has 0 amide bonds. The molecule has 0 spiro atoms. The molecular weight excluding hydrogens is 372 g/mol. The quantitative estimate of drug-likeness (QED) is 0.752. The van der Waals surface area contributed by atoms with Crippen LogP contribution in [0, 0.1) is 5.92 Å². The van der Waals surface area contributed by atoms with Crippen LogP contribution in [0.5, 0.6) is 5.75 Å². The molecule has 156 valence electrons. The van der Waals surface area contributed by atoms with E-state index in [0.29, 0.717) is 12.0 Å². The second kappa shape index (κ2) is 9.13. The molecule has 2 aliphatic rings. The average molecular weight is 400 g/mol. The fraction of sp³-hybridized carbons (Fsp3) is 0.455. The highest BCUT2D eigenvalue weighted by molar-refractivity contribution is 6.27. The van der Waals surface area contributed by atoms with Crippen LogP contribution < -0.4 is 4.74 Å². The van der Waals surface area contributed by atoms with E-state index in [2.05, 4.69) is 65.9 Å². The summed E-state index contributed by atoms with van der Waals surface area (Å²) in [5.74, 6) is -1.98. The largest absolute Gasteiger partial charge is 0.484 e. The van der Waals surface area contributed by atoms with Crippen LogP contribution >= 0.6 is 0 Å². The van der Waals surface area contributed by atoms with Crippen LogP contribution in [-0.2, 0) is 16.1 Å². The Morgan fingerprint density at radius 3 is 2.31 bits per heavy atom. The topological polar surface area (TPSA) is 92.0 Å². The molecule has 1 fully saturated rings. The highest BCUT2D eigenvalue weighted by Gasteiger charge is 2.33. The van der Waals surface area contributed by atoms with E-state index in [1.807, 2.05) is 0 Å². The number of hydrogen-bond acceptors (Lipinski definition) is 4. The fourth-order valence-electron chi connectivity index (χ4n) is 4.04. The van der Waals surface area contributed by atoms with Crippen molar-refractivity contribution < 1.29 is 24.5 Å². The number of fused-ring (bicyclic) bond motifs is 2. The summed E-state index contributed by atoms with van der Waals surface area (Å²) in [5, 5.41) is 14.8. The molecule has 3 heterocycles. The van der Waals surface area contributed by atoms with Crippen LogP contribution in [0.2, 0.25) is 0 Å². The lowest BCUT2D eigenvalue weighted by Gasteiger charge is -2.37. The number of nitrogens with zero attached hydrogens (tertiary/aromatic N) is 2. The Balaban J connectivity index is 0.000000353. The minimum Gasteiger partial charge on any atom is -0.484 e. The first-order valence-electron chi connectivity index (χ1n) is 9.96. The monoisotopic (exact) mass is 400 g/mol. The van der Waals surface area contributed by atoms with Crippen molar-refractivity contribution in [2.75, 3.05) is 13.1 Å². The van der Waals surface area contributed by atoms with Gasteiger partial charge in [-0.2, -0.15) is 0 Å². The van der Waals surface area contributed by atoms with Crippen molar-refractivity contribution in [3.05, 3.63) is 53.9 Å². The van der Waals surface area contributed by atoms with Gasteiger partial charge in [0.1, 0.15) is 11.9 Å². The van der Waals surface area contributed by atoms with Gasteiger partial charge >= 0.3 is 11.9 Å². The number of piperidine rings is 1. The van der Waals surface area contributed by atoms with E-state index >= 15 is 0 Å². The summed E-state index contributed by atoms with van der Waals surface area (Å²) in [5.41, 5.74) is 2.62. The lowest BCUT2D eigenvalue weighted by atomic mass is 9.89. The molecule has 0 bridgehead atoms. The molecule has 2 N–H and O–H groups in total. The van der Waals surface area contributed by atoms with E-state index in [4.69, 9.17) is 24.5 Å². The van der Waals surface area contributed by atoms with Crippen LogP contribution in [0.4, 0.5) is 0 Å². The second-order valence-electron chi connectivity index (χ2n) is 7.78. The zero-order chi connectivity index (χ0) is 21.0. The Morgan fingerprint density at radius 1 is 1.03 bits per heavy atom. The Labute approximate surface area is 170 Å². The molecule has 7 heteroatoms. The number of carboxylic acid groups (broad SMARTS) is 2. The smallest absolute Gasteiger partial charge is 0.414 e. The van der Waals surface area contributed by atoms with Crippen LogP contribution in [0.1, 0.15) is 44.1 Å². The third kappa shape index (κ3) is 4.98. The molecule has 1 aromatic carbocycles. The summed E-state index contributed by atoms with van der Waals surface area (Å²) in [6.45, 7) is 7.88. The maximum Gasteiger partial charge on any atom is 0.414 e. The molecule has 2 aromatic rings. The van der Waals surface area contributed by atoms with E-state index in [0.717, 1.165) is 12.3 Å². The Kier molecular flexibility index (Phi) is 6.59. The molecule has 29 heavy (non-hydrogen) atoms. The van der Waals surface area contributed by atoms with E-state index in [-0.39, 0.29) is 6.10 Å². The Hall–Kier alpha value is -2.80. The molecule has 0 saturated carbocycles. The molecule has 0 radical (unpaired) electrons. The zero-order valence-electron chi connectivity index (χ0n) is 16.8. The van der Waals surface area contributed by atoms with Crippen molar-refractivity contribution in [1.29, 1.82) is 0 Å². The first-order valence-corrected chi connectivity index (χ1v) is 9.96. The van der Waals surface area contributed by atoms with Gasteiger partial charge < -0.3 is 24.4 Å². The van der Waals surface area contributed by atoms with E-state index in [1.54, 1.807) is 0 Å². The summed E-state index contributed by atoms with van der Waals surface area (Å²) < 4.78 is 8.90. The van der Waals surface area contributed by atoms with Crippen molar-refractivity contribution in [3.63, 3.8) is 0 Å². The van der Waals surface area contributed by atoms with Gasteiger partial charge in [-0.1, -0.05) is 18.2 Å². The number of rotatable bonds is 2. The number of carbonyl (C=O) groups is 2. The van der Waals surface area contributed by atoms with Gasteiger partial charge in [-0.25, -0.2) is 9.59 Å². The highest BCUT2D eigenvalue weighted by Crippen LogP contribution is 2.39. The van der Waals surface area contributed by atoms with Gasteiger partial charge in [0.25, 0.3) is 0 Å². The molecule has 1 unspecified atom stereocenters. The van der Waals surface area contributed by atoms with Crippen molar-refractivity contribution >= 4 is 11.9 Å².